The molecule has 6 nitrogen and oxygen atoms in total. The maximum atomic E-state index is 12.1. The number of hydrogen-bond donors (Lipinski definition) is 1. The predicted octanol–water partition coefficient (Wildman–Crippen LogP) is 2.20. The van der Waals surface area contributed by atoms with Crippen molar-refractivity contribution in [3.05, 3.63) is 60.2 Å². The fourth-order valence-corrected chi connectivity index (χ4v) is 3.35. The van der Waals surface area contributed by atoms with Crippen LogP contribution in [0.2, 0.25) is 0 Å². The molecule has 0 saturated heterocycles. The molecule has 0 bridgehead atoms. The number of ether oxygens (including phenoxy) is 1. The van der Waals surface area contributed by atoms with Crippen molar-refractivity contribution in [3.8, 4) is 5.75 Å². The number of benzene rings is 2. The van der Waals surface area contributed by atoms with Crippen LogP contribution in [0.1, 0.15) is 12.0 Å². The number of carbonyl (C=O) groups excluding carboxylic acids is 1. The van der Waals surface area contributed by atoms with Crippen LogP contribution in [0.3, 0.4) is 0 Å². The number of carbonyl (C=O) groups is 1. The minimum Gasteiger partial charge on any atom is -0.491 e. The molecule has 140 valence electrons. The lowest BCUT2D eigenvalue weighted by molar-refractivity contribution is -0.130. The average Bonchev–Trinajstić information content (AvgIpc) is 2.63. The molecule has 0 aliphatic carbocycles. The first-order valence-electron chi connectivity index (χ1n) is 8.37. The van der Waals surface area contributed by atoms with Crippen LogP contribution >= 0.6 is 0 Å². The molecular weight excluding hydrogens is 352 g/mol. The largest absolute Gasteiger partial charge is 0.491 e. The van der Waals surface area contributed by atoms with Gasteiger partial charge in [-0.2, -0.15) is 0 Å². The number of nitrogens with one attached hydrogen (secondary N) is 1. The highest BCUT2D eigenvalue weighted by atomic mass is 32.2. The minimum absolute atomic E-state index is 0.0546. The van der Waals surface area contributed by atoms with Gasteiger partial charge in [0.15, 0.2) is 0 Å². The number of nitrogens with zero attached hydrogens (tertiary/aromatic N) is 1. The van der Waals surface area contributed by atoms with E-state index >= 15 is 0 Å². The Morgan fingerprint density at radius 1 is 1.08 bits per heavy atom. The molecule has 2 rings (SSSR count). The minimum atomic E-state index is -3.58. The Hall–Kier alpha value is -2.38. The molecule has 0 unspecified atom stereocenters. The van der Waals surface area contributed by atoms with E-state index in [0.29, 0.717) is 13.2 Å². The van der Waals surface area contributed by atoms with Crippen molar-refractivity contribution < 1.29 is 17.9 Å². The Labute approximate surface area is 154 Å². The highest BCUT2D eigenvalue weighted by Crippen LogP contribution is 2.15. The quantitative estimate of drug-likeness (QED) is 0.728. The van der Waals surface area contributed by atoms with Crippen LogP contribution in [0.15, 0.2) is 59.5 Å². The monoisotopic (exact) mass is 376 g/mol. The van der Waals surface area contributed by atoms with Crippen LogP contribution < -0.4 is 9.46 Å². The van der Waals surface area contributed by atoms with Crippen LogP contribution in [-0.2, 0) is 14.8 Å². The van der Waals surface area contributed by atoms with E-state index in [1.807, 2.05) is 31.2 Å². The molecule has 0 radical (unpaired) electrons. The summed E-state index contributed by atoms with van der Waals surface area (Å²) in [6.45, 7) is 2.82. The second-order valence-electron chi connectivity index (χ2n) is 5.89. The Bertz CT molecular complexity index is 822. The Morgan fingerprint density at radius 2 is 1.73 bits per heavy atom. The normalized spacial score (nSPS) is 11.2. The third kappa shape index (κ3) is 5.86. The van der Waals surface area contributed by atoms with Crippen molar-refractivity contribution in [2.24, 2.45) is 0 Å². The van der Waals surface area contributed by atoms with Crippen molar-refractivity contribution >= 4 is 15.9 Å². The first kappa shape index (κ1) is 19.9. The molecule has 0 aliphatic rings. The smallest absolute Gasteiger partial charge is 0.240 e. The van der Waals surface area contributed by atoms with Crippen LogP contribution in [-0.4, -0.2) is 46.0 Å². The van der Waals surface area contributed by atoms with Gasteiger partial charge in [-0.15, -0.1) is 0 Å². The fourth-order valence-electron chi connectivity index (χ4n) is 2.30. The molecule has 1 N–H and O–H groups in total. The third-order valence-electron chi connectivity index (χ3n) is 3.89. The molecule has 0 atom stereocenters. The number of likely N-dealkylation sites (N-methyl/N-ethyl adjacent to an activating group) is 1. The van der Waals surface area contributed by atoms with Gasteiger partial charge in [-0.1, -0.05) is 36.4 Å². The summed E-state index contributed by atoms with van der Waals surface area (Å²) in [5.41, 5.74) is 1.04. The second-order valence-corrected chi connectivity index (χ2v) is 7.66. The van der Waals surface area contributed by atoms with Crippen molar-refractivity contribution in [1.29, 1.82) is 0 Å². The summed E-state index contributed by atoms with van der Waals surface area (Å²) in [5, 5.41) is 0. The lowest BCUT2D eigenvalue weighted by Crippen LogP contribution is -2.34. The van der Waals surface area contributed by atoms with Crippen molar-refractivity contribution in [3.63, 3.8) is 0 Å². The first-order valence-corrected chi connectivity index (χ1v) is 9.85. The summed E-state index contributed by atoms with van der Waals surface area (Å²) < 4.78 is 32.3. The zero-order valence-electron chi connectivity index (χ0n) is 15.0. The van der Waals surface area contributed by atoms with E-state index in [4.69, 9.17) is 4.74 Å². The standard InChI is InChI=1S/C19H24N2O4S/c1-16-8-6-7-11-18(16)25-15-14-21(2)19(22)12-13-20-26(23,24)17-9-4-3-5-10-17/h3-11,20H,12-15H2,1-2H3. The van der Waals surface area contributed by atoms with Gasteiger partial charge >= 0.3 is 0 Å². The molecule has 7 heteroatoms. The highest BCUT2D eigenvalue weighted by molar-refractivity contribution is 7.89. The number of para-hydroxylation sites is 1. The van der Waals surface area contributed by atoms with Gasteiger partial charge in [-0.05, 0) is 30.7 Å². The van der Waals surface area contributed by atoms with Crippen molar-refractivity contribution in [1.82, 2.24) is 9.62 Å². The van der Waals surface area contributed by atoms with E-state index in [1.54, 1.807) is 25.2 Å². The van der Waals surface area contributed by atoms with E-state index in [-0.39, 0.29) is 23.8 Å². The van der Waals surface area contributed by atoms with Gasteiger partial charge in [-0.25, -0.2) is 13.1 Å². The van der Waals surface area contributed by atoms with Gasteiger partial charge in [0, 0.05) is 20.0 Å². The van der Waals surface area contributed by atoms with Crippen molar-refractivity contribution in [2.45, 2.75) is 18.2 Å². The summed E-state index contributed by atoms with van der Waals surface area (Å²) in [6, 6.07) is 15.8. The van der Waals surface area contributed by atoms with E-state index in [0.717, 1.165) is 11.3 Å². The fraction of sp³-hybridized carbons (Fsp3) is 0.316. The molecule has 0 fully saturated rings. The predicted molar refractivity (Wildman–Crippen MR) is 101 cm³/mol. The summed E-state index contributed by atoms with van der Waals surface area (Å²) in [6.07, 6.45) is 0.0902. The maximum absolute atomic E-state index is 12.1. The molecule has 0 saturated carbocycles. The summed E-state index contributed by atoms with van der Waals surface area (Å²) in [7, 11) is -1.91. The Morgan fingerprint density at radius 3 is 2.42 bits per heavy atom. The van der Waals surface area contributed by atoms with E-state index in [9.17, 15) is 13.2 Å². The van der Waals surface area contributed by atoms with Gasteiger partial charge < -0.3 is 9.64 Å². The lowest BCUT2D eigenvalue weighted by Gasteiger charge is -2.18. The van der Waals surface area contributed by atoms with Gasteiger partial charge in [0.05, 0.1) is 11.4 Å². The molecule has 26 heavy (non-hydrogen) atoms. The van der Waals surface area contributed by atoms with Crippen LogP contribution in [0, 0.1) is 6.92 Å². The average molecular weight is 376 g/mol. The zero-order chi connectivity index (χ0) is 19.0. The molecule has 2 aromatic carbocycles. The zero-order valence-corrected chi connectivity index (χ0v) is 15.8. The number of sulfonamides is 1. The summed E-state index contributed by atoms with van der Waals surface area (Å²) in [4.78, 5) is 13.8. The van der Waals surface area contributed by atoms with E-state index < -0.39 is 10.0 Å². The Balaban J connectivity index is 1.73. The lowest BCUT2D eigenvalue weighted by atomic mass is 10.2. The summed E-state index contributed by atoms with van der Waals surface area (Å²) in [5.74, 6) is 0.651. The molecule has 0 aromatic heterocycles. The summed E-state index contributed by atoms with van der Waals surface area (Å²) >= 11 is 0. The first-order chi connectivity index (χ1) is 12.4. The Kier molecular flexibility index (Phi) is 7.17. The van der Waals surface area contributed by atoms with Gasteiger partial charge in [0.25, 0.3) is 0 Å². The molecular formula is C19H24N2O4S. The van der Waals surface area contributed by atoms with Gasteiger partial charge in [-0.3, -0.25) is 4.79 Å². The molecule has 0 aliphatic heterocycles. The molecule has 0 spiro atoms. The molecule has 2 aromatic rings. The third-order valence-corrected chi connectivity index (χ3v) is 5.36. The maximum Gasteiger partial charge on any atom is 0.240 e. The van der Waals surface area contributed by atoms with Crippen LogP contribution in [0.25, 0.3) is 0 Å². The van der Waals surface area contributed by atoms with Crippen LogP contribution in [0.4, 0.5) is 0 Å². The van der Waals surface area contributed by atoms with Crippen molar-refractivity contribution in [2.75, 3.05) is 26.7 Å². The number of hydrogen-bond acceptors (Lipinski definition) is 4. The topological polar surface area (TPSA) is 75.7 Å². The highest BCUT2D eigenvalue weighted by Gasteiger charge is 2.15. The number of rotatable bonds is 9. The number of amides is 1. The molecule has 0 heterocycles. The molecule has 1 amide bonds. The SMILES string of the molecule is Cc1ccccc1OCCN(C)C(=O)CCNS(=O)(=O)c1ccccc1. The number of aryl methyl sites for hydroxylation is 1. The van der Waals surface area contributed by atoms with Crippen LogP contribution in [0.5, 0.6) is 5.75 Å². The van der Waals surface area contributed by atoms with E-state index in [1.165, 1.54) is 17.0 Å². The van der Waals surface area contributed by atoms with Gasteiger partial charge in [0.1, 0.15) is 12.4 Å². The van der Waals surface area contributed by atoms with E-state index in [2.05, 4.69) is 4.72 Å². The second kappa shape index (κ2) is 9.35. The van der Waals surface area contributed by atoms with Gasteiger partial charge in [0.2, 0.25) is 15.9 Å².